The molecule has 23 heavy (non-hydrogen) atoms. The predicted octanol–water partition coefficient (Wildman–Crippen LogP) is 3.24. The van der Waals surface area contributed by atoms with Crippen molar-refractivity contribution in [1.29, 1.82) is 0 Å². The lowest BCUT2D eigenvalue weighted by atomic mass is 10.1. The second-order valence-electron chi connectivity index (χ2n) is 6.14. The number of nitrogens with one attached hydrogen (secondary N) is 1. The molecular formula is C17H20F2N4. The van der Waals surface area contributed by atoms with E-state index in [2.05, 4.69) is 27.5 Å². The summed E-state index contributed by atoms with van der Waals surface area (Å²) in [6.45, 7) is 3.99. The lowest BCUT2D eigenvalue weighted by molar-refractivity contribution is 0.260. The van der Waals surface area contributed by atoms with Crippen LogP contribution in [0.5, 0.6) is 0 Å². The van der Waals surface area contributed by atoms with Crippen molar-refractivity contribution in [1.82, 2.24) is 15.1 Å². The molecular weight excluding hydrogens is 298 g/mol. The number of benzene rings is 1. The van der Waals surface area contributed by atoms with Crippen LogP contribution in [-0.2, 0) is 0 Å². The standard InChI is InChI=1S/C17H20F2N4/c1-11-8-16(20-13-4-3-7-23(2)10-13)21-22-17(11)12-5-6-14(18)15(19)9-12/h5-6,8-9,13H,3-4,7,10H2,1-2H3,(H,20,21)/t13-/m1/s1. The van der Waals surface area contributed by atoms with Crippen molar-refractivity contribution < 1.29 is 8.78 Å². The van der Waals surface area contributed by atoms with Gasteiger partial charge in [0.1, 0.15) is 5.82 Å². The molecule has 1 N–H and O–H groups in total. The Morgan fingerprint density at radius 3 is 2.70 bits per heavy atom. The summed E-state index contributed by atoms with van der Waals surface area (Å²) in [4.78, 5) is 2.29. The van der Waals surface area contributed by atoms with Crippen LogP contribution in [0.25, 0.3) is 11.3 Å². The molecule has 1 atom stereocenters. The van der Waals surface area contributed by atoms with E-state index in [-0.39, 0.29) is 0 Å². The van der Waals surface area contributed by atoms with Gasteiger partial charge in [-0.2, -0.15) is 0 Å². The SMILES string of the molecule is Cc1cc(N[C@@H]2CCCN(C)C2)nnc1-c1ccc(F)c(F)c1. The van der Waals surface area contributed by atoms with E-state index in [0.717, 1.165) is 43.6 Å². The Kier molecular flexibility index (Phi) is 4.52. The molecule has 0 amide bonds. The van der Waals surface area contributed by atoms with E-state index in [4.69, 9.17) is 0 Å². The third-order valence-corrected chi connectivity index (χ3v) is 4.15. The smallest absolute Gasteiger partial charge is 0.159 e. The molecule has 6 heteroatoms. The normalized spacial score (nSPS) is 18.9. The quantitative estimate of drug-likeness (QED) is 0.943. The number of nitrogens with zero attached hydrogens (tertiary/aromatic N) is 3. The maximum atomic E-state index is 13.4. The number of aryl methyl sites for hydroxylation is 1. The Morgan fingerprint density at radius 1 is 1.17 bits per heavy atom. The number of hydrogen-bond donors (Lipinski definition) is 1. The fraction of sp³-hybridized carbons (Fsp3) is 0.412. The van der Waals surface area contributed by atoms with Gasteiger partial charge < -0.3 is 10.2 Å². The predicted molar refractivity (Wildman–Crippen MR) is 86.3 cm³/mol. The van der Waals surface area contributed by atoms with Gasteiger partial charge in [-0.3, -0.25) is 0 Å². The molecule has 0 aliphatic carbocycles. The van der Waals surface area contributed by atoms with Gasteiger partial charge in [0.2, 0.25) is 0 Å². The Labute approximate surface area is 134 Å². The van der Waals surface area contributed by atoms with Gasteiger partial charge in [-0.15, -0.1) is 10.2 Å². The molecule has 1 aliphatic rings. The Morgan fingerprint density at radius 2 is 2.00 bits per heavy atom. The van der Waals surface area contributed by atoms with Crippen molar-refractivity contribution in [2.45, 2.75) is 25.8 Å². The number of likely N-dealkylation sites (tertiary alicyclic amines) is 1. The average Bonchev–Trinajstić information content (AvgIpc) is 2.50. The zero-order valence-electron chi connectivity index (χ0n) is 13.3. The molecule has 2 heterocycles. The summed E-state index contributed by atoms with van der Waals surface area (Å²) < 4.78 is 26.4. The van der Waals surface area contributed by atoms with Gasteiger partial charge in [0.25, 0.3) is 0 Å². The van der Waals surface area contributed by atoms with Crippen molar-refractivity contribution in [3.05, 3.63) is 41.5 Å². The van der Waals surface area contributed by atoms with Crippen LogP contribution in [-0.4, -0.2) is 41.3 Å². The first kappa shape index (κ1) is 15.8. The largest absolute Gasteiger partial charge is 0.365 e. The molecule has 0 radical (unpaired) electrons. The highest BCUT2D eigenvalue weighted by Gasteiger charge is 2.18. The van der Waals surface area contributed by atoms with E-state index in [0.29, 0.717) is 23.1 Å². The fourth-order valence-electron chi connectivity index (χ4n) is 2.98. The van der Waals surface area contributed by atoms with Crippen molar-refractivity contribution in [2.75, 3.05) is 25.5 Å². The van der Waals surface area contributed by atoms with Crippen LogP contribution in [0.4, 0.5) is 14.6 Å². The number of anilines is 1. The van der Waals surface area contributed by atoms with Gasteiger partial charge >= 0.3 is 0 Å². The van der Waals surface area contributed by atoms with Gasteiger partial charge in [0.15, 0.2) is 11.6 Å². The number of piperidine rings is 1. The summed E-state index contributed by atoms with van der Waals surface area (Å²) in [6.07, 6.45) is 2.27. The van der Waals surface area contributed by atoms with Gasteiger partial charge in [-0.05, 0) is 63.2 Å². The molecule has 1 aliphatic heterocycles. The van der Waals surface area contributed by atoms with Crippen LogP contribution in [0.3, 0.4) is 0 Å². The van der Waals surface area contributed by atoms with Crippen molar-refractivity contribution in [3.63, 3.8) is 0 Å². The Bertz CT molecular complexity index is 705. The molecule has 0 spiro atoms. The minimum Gasteiger partial charge on any atom is -0.365 e. The van der Waals surface area contributed by atoms with E-state index in [1.165, 1.54) is 6.07 Å². The second kappa shape index (κ2) is 6.58. The Balaban J connectivity index is 1.78. The van der Waals surface area contributed by atoms with E-state index < -0.39 is 11.6 Å². The molecule has 1 aromatic carbocycles. The summed E-state index contributed by atoms with van der Waals surface area (Å²) in [5.74, 6) is -1.02. The molecule has 2 aromatic rings. The first-order valence-electron chi connectivity index (χ1n) is 7.78. The molecule has 0 unspecified atom stereocenters. The lowest BCUT2D eigenvalue weighted by Gasteiger charge is -2.30. The van der Waals surface area contributed by atoms with Crippen molar-refractivity contribution in [3.8, 4) is 11.3 Å². The van der Waals surface area contributed by atoms with Crippen LogP contribution >= 0.6 is 0 Å². The van der Waals surface area contributed by atoms with Crippen molar-refractivity contribution in [2.24, 2.45) is 0 Å². The number of hydrogen-bond acceptors (Lipinski definition) is 4. The van der Waals surface area contributed by atoms with Crippen LogP contribution in [0.1, 0.15) is 18.4 Å². The summed E-state index contributed by atoms with van der Waals surface area (Å²) in [5.41, 5.74) is 1.96. The summed E-state index contributed by atoms with van der Waals surface area (Å²) in [5, 5.41) is 11.8. The highest BCUT2D eigenvalue weighted by atomic mass is 19.2. The van der Waals surface area contributed by atoms with Crippen LogP contribution in [0, 0.1) is 18.6 Å². The molecule has 0 saturated carbocycles. The molecule has 1 saturated heterocycles. The van der Waals surface area contributed by atoms with Gasteiger partial charge in [0, 0.05) is 18.2 Å². The minimum atomic E-state index is -0.879. The summed E-state index contributed by atoms with van der Waals surface area (Å²) in [6, 6.07) is 6.03. The van der Waals surface area contributed by atoms with E-state index in [1.54, 1.807) is 0 Å². The topological polar surface area (TPSA) is 41.0 Å². The zero-order chi connectivity index (χ0) is 16.4. The monoisotopic (exact) mass is 318 g/mol. The molecule has 1 aromatic heterocycles. The number of rotatable bonds is 3. The van der Waals surface area contributed by atoms with E-state index in [9.17, 15) is 8.78 Å². The van der Waals surface area contributed by atoms with Crippen LogP contribution in [0.2, 0.25) is 0 Å². The van der Waals surface area contributed by atoms with E-state index >= 15 is 0 Å². The van der Waals surface area contributed by atoms with Gasteiger partial charge in [-0.25, -0.2) is 8.78 Å². The maximum absolute atomic E-state index is 13.4. The summed E-state index contributed by atoms with van der Waals surface area (Å²) in [7, 11) is 2.11. The number of aromatic nitrogens is 2. The third kappa shape index (κ3) is 3.64. The zero-order valence-corrected chi connectivity index (χ0v) is 13.3. The summed E-state index contributed by atoms with van der Waals surface area (Å²) >= 11 is 0. The van der Waals surface area contributed by atoms with Crippen LogP contribution in [0.15, 0.2) is 24.3 Å². The highest BCUT2D eigenvalue weighted by molar-refractivity contribution is 5.63. The molecule has 4 nitrogen and oxygen atoms in total. The van der Waals surface area contributed by atoms with Crippen molar-refractivity contribution >= 4 is 5.82 Å². The minimum absolute atomic E-state index is 0.358. The first-order chi connectivity index (χ1) is 11.0. The average molecular weight is 318 g/mol. The highest BCUT2D eigenvalue weighted by Crippen LogP contribution is 2.24. The molecule has 1 fully saturated rings. The van der Waals surface area contributed by atoms with E-state index in [1.807, 2.05) is 13.0 Å². The Hall–Kier alpha value is -2.08. The first-order valence-corrected chi connectivity index (χ1v) is 7.78. The second-order valence-corrected chi connectivity index (χ2v) is 6.14. The lowest BCUT2D eigenvalue weighted by Crippen LogP contribution is -2.39. The number of likely N-dealkylation sites (N-methyl/N-ethyl adjacent to an activating group) is 1. The molecule has 3 rings (SSSR count). The fourth-order valence-corrected chi connectivity index (χ4v) is 2.98. The third-order valence-electron chi connectivity index (χ3n) is 4.15. The van der Waals surface area contributed by atoms with Gasteiger partial charge in [-0.1, -0.05) is 0 Å². The number of halogens is 2. The maximum Gasteiger partial charge on any atom is 0.159 e. The molecule has 0 bridgehead atoms. The van der Waals surface area contributed by atoms with Gasteiger partial charge in [0.05, 0.1) is 5.69 Å². The molecule has 122 valence electrons. The van der Waals surface area contributed by atoms with Crippen LogP contribution < -0.4 is 5.32 Å².